The first-order chi connectivity index (χ1) is 4.29. The number of thiocarbonyl (C=S) groups is 1. The van der Waals surface area contributed by atoms with Crippen molar-refractivity contribution in [3.8, 4) is 0 Å². The Balaban J connectivity index is 0.000000810. The molecule has 5 heteroatoms. The number of rotatable bonds is 2. The fourth-order valence-electron chi connectivity index (χ4n) is 0.560. The minimum atomic E-state index is 0. The molecular weight excluding hydrogens is 170 g/mol. The zero-order valence-electron chi connectivity index (χ0n) is 5.20. The fourth-order valence-corrected chi connectivity index (χ4v) is 0.696. The predicted molar refractivity (Wildman–Crippen MR) is 46.3 cm³/mol. The molecule has 0 radical (unpaired) electrons. The van der Waals surface area contributed by atoms with Gasteiger partial charge in [0.25, 0.3) is 0 Å². The molecule has 3 nitrogen and oxygen atoms in total. The van der Waals surface area contributed by atoms with Gasteiger partial charge in [-0.3, -0.25) is 0 Å². The number of halogens is 1. The summed E-state index contributed by atoms with van der Waals surface area (Å²) in [6, 6.07) is 0. The first-order valence-electron chi connectivity index (χ1n) is 2.55. The first kappa shape index (κ1) is 9.39. The lowest BCUT2D eigenvalue weighted by molar-refractivity contribution is 1.09. The summed E-state index contributed by atoms with van der Waals surface area (Å²) >= 11 is 4.66. The molecule has 0 saturated carbocycles. The Morgan fingerprint density at radius 3 is 2.90 bits per heavy atom. The van der Waals surface area contributed by atoms with Crippen molar-refractivity contribution in [3.05, 3.63) is 18.2 Å². The number of nitrogens with zero attached hydrogens (tertiary/aromatic N) is 1. The highest BCUT2D eigenvalue weighted by Crippen LogP contribution is 1.88. The van der Waals surface area contributed by atoms with E-state index >= 15 is 0 Å². The van der Waals surface area contributed by atoms with Gasteiger partial charge in [0.05, 0.1) is 11.4 Å². The van der Waals surface area contributed by atoms with Crippen molar-refractivity contribution in [1.29, 1.82) is 0 Å². The average Bonchev–Trinajstić information content (AvgIpc) is 2.15. The lowest BCUT2D eigenvalue weighted by Gasteiger charge is -1.89. The Bertz CT molecular complexity index is 197. The van der Waals surface area contributed by atoms with Crippen LogP contribution in [0.1, 0.15) is 5.82 Å². The third-order valence-corrected chi connectivity index (χ3v) is 1.04. The van der Waals surface area contributed by atoms with Crippen molar-refractivity contribution >= 4 is 29.6 Å². The van der Waals surface area contributed by atoms with E-state index in [1.807, 2.05) is 0 Å². The maximum Gasteiger partial charge on any atom is 0.112 e. The van der Waals surface area contributed by atoms with E-state index in [1.54, 1.807) is 12.4 Å². The normalized spacial score (nSPS) is 8.40. The van der Waals surface area contributed by atoms with Gasteiger partial charge < -0.3 is 10.7 Å². The molecule has 56 valence electrons. The van der Waals surface area contributed by atoms with Crippen LogP contribution in [0, 0.1) is 0 Å². The quantitative estimate of drug-likeness (QED) is 0.653. The van der Waals surface area contributed by atoms with Crippen LogP contribution in [0.5, 0.6) is 0 Å². The molecule has 0 unspecified atom stereocenters. The summed E-state index contributed by atoms with van der Waals surface area (Å²) < 4.78 is 0. The summed E-state index contributed by atoms with van der Waals surface area (Å²) in [5.74, 6) is 0.822. The maximum absolute atomic E-state index is 5.26. The molecule has 0 aliphatic carbocycles. The highest BCUT2D eigenvalue weighted by atomic mass is 35.5. The average molecular weight is 178 g/mol. The molecule has 1 rings (SSSR count). The molecule has 0 aliphatic rings. The van der Waals surface area contributed by atoms with E-state index < -0.39 is 0 Å². The standard InChI is InChI=1S/C5H7N3S.ClH/c6-4(9)3-5-7-1-2-8-5;/h1-2H,3H2,(H2,6,9)(H,7,8);1H. The highest BCUT2D eigenvalue weighted by molar-refractivity contribution is 7.80. The van der Waals surface area contributed by atoms with Gasteiger partial charge in [-0.05, 0) is 0 Å². The summed E-state index contributed by atoms with van der Waals surface area (Å²) in [5, 5.41) is 0. The minimum absolute atomic E-state index is 0. The molecular formula is C5H8ClN3S. The zero-order chi connectivity index (χ0) is 6.69. The number of imidazole rings is 1. The number of hydrogen-bond acceptors (Lipinski definition) is 2. The number of nitrogens with two attached hydrogens (primary N) is 1. The van der Waals surface area contributed by atoms with Gasteiger partial charge in [-0.25, -0.2) is 4.98 Å². The summed E-state index contributed by atoms with van der Waals surface area (Å²) in [5.41, 5.74) is 5.26. The van der Waals surface area contributed by atoms with E-state index in [1.165, 1.54) is 0 Å². The molecule has 10 heavy (non-hydrogen) atoms. The van der Waals surface area contributed by atoms with E-state index in [-0.39, 0.29) is 12.4 Å². The topological polar surface area (TPSA) is 54.7 Å². The van der Waals surface area contributed by atoms with Crippen molar-refractivity contribution in [2.45, 2.75) is 6.42 Å². The van der Waals surface area contributed by atoms with E-state index in [0.717, 1.165) is 5.82 Å². The second-order valence-electron chi connectivity index (χ2n) is 1.68. The largest absolute Gasteiger partial charge is 0.393 e. The van der Waals surface area contributed by atoms with Gasteiger partial charge in [-0.1, -0.05) is 12.2 Å². The third kappa shape index (κ3) is 2.80. The van der Waals surface area contributed by atoms with Gasteiger partial charge >= 0.3 is 0 Å². The Morgan fingerprint density at radius 1 is 1.80 bits per heavy atom. The lowest BCUT2D eigenvalue weighted by atomic mass is 10.4. The van der Waals surface area contributed by atoms with E-state index in [0.29, 0.717) is 11.4 Å². The molecule has 0 amide bonds. The summed E-state index contributed by atoms with van der Waals surface area (Å²) in [7, 11) is 0. The SMILES string of the molecule is Cl.NC(=S)Cc1ncc[nH]1. The highest BCUT2D eigenvalue weighted by Gasteiger charge is 1.93. The van der Waals surface area contributed by atoms with Crippen molar-refractivity contribution in [1.82, 2.24) is 9.97 Å². The summed E-state index contributed by atoms with van der Waals surface area (Å²) in [4.78, 5) is 7.29. The number of hydrogen-bond donors (Lipinski definition) is 2. The minimum Gasteiger partial charge on any atom is -0.393 e. The molecule has 1 heterocycles. The maximum atomic E-state index is 5.26. The fraction of sp³-hybridized carbons (Fsp3) is 0.200. The molecule has 0 aliphatic heterocycles. The Morgan fingerprint density at radius 2 is 2.50 bits per heavy atom. The molecule has 0 atom stereocenters. The second kappa shape index (κ2) is 4.24. The van der Waals surface area contributed by atoms with Crippen LogP contribution in [-0.4, -0.2) is 15.0 Å². The molecule has 0 bridgehead atoms. The zero-order valence-corrected chi connectivity index (χ0v) is 6.84. The van der Waals surface area contributed by atoms with Crippen LogP contribution in [0.15, 0.2) is 12.4 Å². The summed E-state index contributed by atoms with van der Waals surface area (Å²) in [6.45, 7) is 0. The van der Waals surface area contributed by atoms with E-state index in [4.69, 9.17) is 5.73 Å². The third-order valence-electron chi connectivity index (χ3n) is 0.897. The second-order valence-corrected chi connectivity index (χ2v) is 2.20. The molecule has 0 aromatic carbocycles. The molecule has 3 N–H and O–H groups in total. The van der Waals surface area contributed by atoms with Crippen LogP contribution < -0.4 is 5.73 Å². The van der Waals surface area contributed by atoms with Crippen LogP contribution in [0.25, 0.3) is 0 Å². The van der Waals surface area contributed by atoms with E-state index in [9.17, 15) is 0 Å². The smallest absolute Gasteiger partial charge is 0.112 e. The van der Waals surface area contributed by atoms with Crippen molar-refractivity contribution in [2.24, 2.45) is 5.73 Å². The number of aromatic nitrogens is 2. The van der Waals surface area contributed by atoms with Crippen LogP contribution in [0.3, 0.4) is 0 Å². The van der Waals surface area contributed by atoms with Crippen molar-refractivity contribution < 1.29 is 0 Å². The van der Waals surface area contributed by atoms with Gasteiger partial charge in [0.1, 0.15) is 5.82 Å². The van der Waals surface area contributed by atoms with Gasteiger partial charge in [-0.2, -0.15) is 0 Å². The van der Waals surface area contributed by atoms with Crippen LogP contribution in [0.4, 0.5) is 0 Å². The van der Waals surface area contributed by atoms with Crippen LogP contribution in [-0.2, 0) is 6.42 Å². The van der Waals surface area contributed by atoms with E-state index in [2.05, 4.69) is 22.2 Å². The van der Waals surface area contributed by atoms with Gasteiger partial charge in [0.15, 0.2) is 0 Å². The monoisotopic (exact) mass is 177 g/mol. The predicted octanol–water partition coefficient (Wildman–Crippen LogP) is 0.660. The van der Waals surface area contributed by atoms with Crippen LogP contribution >= 0.6 is 24.6 Å². The first-order valence-corrected chi connectivity index (χ1v) is 2.96. The van der Waals surface area contributed by atoms with Gasteiger partial charge in [-0.15, -0.1) is 12.4 Å². The summed E-state index contributed by atoms with van der Waals surface area (Å²) in [6.07, 6.45) is 3.98. The Kier molecular flexibility index (Phi) is 3.99. The lowest BCUT2D eigenvalue weighted by Crippen LogP contribution is -2.11. The number of nitrogens with one attached hydrogen (secondary N) is 1. The Labute approximate surface area is 70.4 Å². The van der Waals surface area contributed by atoms with Crippen molar-refractivity contribution in [3.63, 3.8) is 0 Å². The molecule has 0 spiro atoms. The van der Waals surface area contributed by atoms with Gasteiger partial charge in [0.2, 0.25) is 0 Å². The number of aromatic amines is 1. The Hall–Kier alpha value is -0.610. The van der Waals surface area contributed by atoms with Crippen molar-refractivity contribution in [2.75, 3.05) is 0 Å². The molecule has 1 aromatic rings. The number of H-pyrrole nitrogens is 1. The molecule has 0 saturated heterocycles. The molecule has 1 aromatic heterocycles. The van der Waals surface area contributed by atoms with Crippen LogP contribution in [0.2, 0.25) is 0 Å². The molecule has 0 fully saturated rings. The van der Waals surface area contributed by atoms with Gasteiger partial charge in [0, 0.05) is 12.4 Å².